The Morgan fingerprint density at radius 3 is 2.65 bits per heavy atom. The monoisotopic (exact) mass is 439 g/mol. The third-order valence-corrected chi connectivity index (χ3v) is 5.46. The molecule has 0 radical (unpaired) electrons. The fourth-order valence-corrected chi connectivity index (χ4v) is 3.53. The minimum Gasteiger partial charge on any atom is -0.439 e. The molecule has 0 aliphatic carbocycles. The van der Waals surface area contributed by atoms with Crippen LogP contribution in [0.15, 0.2) is 71.8 Å². The number of hydrogen-bond donors (Lipinski definition) is 2. The minimum atomic E-state index is -3.80. The van der Waals surface area contributed by atoms with Gasteiger partial charge in [-0.25, -0.2) is 17.8 Å². The second kappa shape index (κ2) is 9.84. The molecule has 0 saturated carbocycles. The van der Waals surface area contributed by atoms with Gasteiger partial charge in [0.15, 0.2) is 0 Å². The molecule has 7 nitrogen and oxygen atoms in total. The van der Waals surface area contributed by atoms with Crippen LogP contribution in [0.25, 0.3) is 0 Å². The van der Waals surface area contributed by atoms with Crippen LogP contribution in [-0.4, -0.2) is 25.9 Å². The van der Waals surface area contributed by atoms with E-state index in [4.69, 9.17) is 11.2 Å². The van der Waals surface area contributed by atoms with Crippen LogP contribution in [0.3, 0.4) is 0 Å². The van der Waals surface area contributed by atoms with Crippen LogP contribution in [0.5, 0.6) is 11.6 Å². The summed E-state index contributed by atoms with van der Waals surface area (Å²) < 4.78 is 45.2. The smallest absolute Gasteiger partial charge is 0.251 e. The zero-order chi connectivity index (χ0) is 22.3. The average Bonchev–Trinajstić information content (AvgIpc) is 2.78. The number of nitrogens with zero attached hydrogens (tertiary/aromatic N) is 1. The van der Waals surface area contributed by atoms with Crippen LogP contribution >= 0.6 is 0 Å². The van der Waals surface area contributed by atoms with E-state index in [1.54, 1.807) is 12.1 Å². The highest BCUT2D eigenvalue weighted by atomic mass is 32.2. The van der Waals surface area contributed by atoms with E-state index >= 15 is 0 Å². The molecule has 0 bridgehead atoms. The van der Waals surface area contributed by atoms with Crippen LogP contribution in [-0.2, 0) is 16.6 Å². The molecule has 1 amide bonds. The number of carbonyl (C=O) groups is 1. The molecule has 0 spiro atoms. The predicted molar refractivity (Wildman–Crippen MR) is 112 cm³/mol. The highest BCUT2D eigenvalue weighted by Gasteiger charge is 2.15. The number of amides is 1. The molecule has 158 valence electrons. The Labute approximate surface area is 179 Å². The number of carbonyl (C=O) groups excluding carboxylic acids is 1. The summed E-state index contributed by atoms with van der Waals surface area (Å²) in [6.07, 6.45) is 6.60. The van der Waals surface area contributed by atoms with E-state index in [1.807, 2.05) is 0 Å². The Kier molecular flexibility index (Phi) is 6.97. The predicted octanol–water partition coefficient (Wildman–Crippen LogP) is 2.85. The van der Waals surface area contributed by atoms with Crippen LogP contribution in [0.2, 0.25) is 0 Å². The Hall–Kier alpha value is -3.74. The molecule has 0 fully saturated rings. The molecule has 3 rings (SSSR count). The van der Waals surface area contributed by atoms with Gasteiger partial charge in [-0.15, -0.1) is 6.42 Å². The quantitative estimate of drug-likeness (QED) is 0.526. The molecule has 31 heavy (non-hydrogen) atoms. The van der Waals surface area contributed by atoms with Crippen LogP contribution in [0.1, 0.15) is 15.9 Å². The molecule has 0 unspecified atom stereocenters. The van der Waals surface area contributed by atoms with Crippen molar-refractivity contribution < 1.29 is 22.3 Å². The molecule has 0 aliphatic rings. The second-order valence-electron chi connectivity index (χ2n) is 6.30. The lowest BCUT2D eigenvalue weighted by Crippen LogP contribution is -2.25. The molecule has 1 aromatic heterocycles. The highest BCUT2D eigenvalue weighted by Crippen LogP contribution is 2.20. The number of pyridine rings is 1. The fourth-order valence-electron chi connectivity index (χ4n) is 2.55. The second-order valence-corrected chi connectivity index (χ2v) is 8.06. The molecule has 2 aromatic carbocycles. The van der Waals surface area contributed by atoms with Crippen molar-refractivity contribution in [1.29, 1.82) is 0 Å². The van der Waals surface area contributed by atoms with Crippen LogP contribution in [0, 0.1) is 18.2 Å². The summed E-state index contributed by atoms with van der Waals surface area (Å²) in [5.74, 6) is 2.07. The van der Waals surface area contributed by atoms with Crippen molar-refractivity contribution in [1.82, 2.24) is 15.0 Å². The number of terminal acetylenes is 1. The van der Waals surface area contributed by atoms with Crippen molar-refractivity contribution >= 4 is 15.9 Å². The van der Waals surface area contributed by atoms with Gasteiger partial charge in [-0.1, -0.05) is 12.0 Å². The molecule has 0 saturated heterocycles. The van der Waals surface area contributed by atoms with Crippen LogP contribution < -0.4 is 14.8 Å². The lowest BCUT2D eigenvalue weighted by atomic mass is 10.2. The summed E-state index contributed by atoms with van der Waals surface area (Å²) in [7, 11) is -3.80. The van der Waals surface area contributed by atoms with Crippen molar-refractivity contribution in [2.45, 2.75) is 11.4 Å². The molecular formula is C22H18FN3O4S. The van der Waals surface area contributed by atoms with Gasteiger partial charge < -0.3 is 10.1 Å². The van der Waals surface area contributed by atoms with Gasteiger partial charge in [0.05, 0.1) is 11.4 Å². The Morgan fingerprint density at radius 1 is 1.13 bits per heavy atom. The molecule has 3 aromatic rings. The Balaban J connectivity index is 1.65. The molecule has 2 N–H and O–H groups in total. The van der Waals surface area contributed by atoms with E-state index in [2.05, 4.69) is 20.9 Å². The van der Waals surface area contributed by atoms with E-state index in [0.29, 0.717) is 11.3 Å². The van der Waals surface area contributed by atoms with Crippen molar-refractivity contribution in [2.24, 2.45) is 0 Å². The summed E-state index contributed by atoms with van der Waals surface area (Å²) in [4.78, 5) is 16.5. The normalized spacial score (nSPS) is 10.8. The number of nitrogens with one attached hydrogen (secondary N) is 2. The number of aromatic nitrogens is 1. The van der Waals surface area contributed by atoms with Gasteiger partial charge >= 0.3 is 0 Å². The molecule has 9 heteroatoms. The molecular weight excluding hydrogens is 421 g/mol. The zero-order valence-corrected chi connectivity index (χ0v) is 17.0. The maximum absolute atomic E-state index is 13.0. The SMILES string of the molecule is C#CCNS(=O)(=O)c1cccc(C(=O)NCc2ccnc(Oc3ccc(F)cc3)c2)c1. The lowest BCUT2D eigenvalue weighted by Gasteiger charge is -2.09. The van der Waals surface area contributed by atoms with Gasteiger partial charge in [-0.3, -0.25) is 4.79 Å². The van der Waals surface area contributed by atoms with E-state index in [9.17, 15) is 17.6 Å². The van der Waals surface area contributed by atoms with Crippen molar-refractivity contribution in [2.75, 3.05) is 6.54 Å². The molecule has 1 heterocycles. The van der Waals surface area contributed by atoms with Crippen molar-refractivity contribution in [3.8, 4) is 24.0 Å². The maximum Gasteiger partial charge on any atom is 0.251 e. The first kappa shape index (κ1) is 22.0. The number of sulfonamides is 1. The summed E-state index contributed by atoms with van der Waals surface area (Å²) in [5.41, 5.74) is 0.889. The zero-order valence-electron chi connectivity index (χ0n) is 16.2. The molecule has 0 aliphatic heterocycles. The van der Waals surface area contributed by atoms with Crippen LogP contribution in [0.4, 0.5) is 4.39 Å². The lowest BCUT2D eigenvalue weighted by molar-refractivity contribution is 0.0950. The van der Waals surface area contributed by atoms with E-state index < -0.39 is 15.9 Å². The van der Waals surface area contributed by atoms with Crippen molar-refractivity contribution in [3.63, 3.8) is 0 Å². The number of halogens is 1. The summed E-state index contributed by atoms with van der Waals surface area (Å²) >= 11 is 0. The standard InChI is InChI=1S/C22H18FN3O4S/c1-2-11-26-31(28,29)20-5-3-4-17(14-20)22(27)25-15-16-10-12-24-21(13-16)30-19-8-6-18(23)7-9-19/h1,3-10,12-14,26H,11,15H2,(H,25,27). The number of hydrogen-bond acceptors (Lipinski definition) is 5. The third-order valence-electron chi connectivity index (χ3n) is 4.06. The van der Waals surface area contributed by atoms with Gasteiger partial charge in [-0.05, 0) is 54.1 Å². The van der Waals surface area contributed by atoms with Gasteiger partial charge in [0.1, 0.15) is 11.6 Å². The number of benzene rings is 2. The summed E-state index contributed by atoms with van der Waals surface area (Å²) in [5, 5.41) is 2.72. The fraction of sp³-hybridized carbons (Fsp3) is 0.0909. The number of rotatable bonds is 8. The van der Waals surface area contributed by atoms with Gasteiger partial charge in [-0.2, -0.15) is 4.72 Å². The van der Waals surface area contributed by atoms with Crippen molar-refractivity contribution in [3.05, 3.63) is 83.8 Å². The van der Waals surface area contributed by atoms with E-state index in [1.165, 1.54) is 54.7 Å². The first-order valence-electron chi connectivity index (χ1n) is 9.07. The van der Waals surface area contributed by atoms with Gasteiger partial charge in [0, 0.05) is 24.4 Å². The first-order chi connectivity index (χ1) is 14.9. The van der Waals surface area contributed by atoms with Gasteiger partial charge in [0.2, 0.25) is 15.9 Å². The largest absolute Gasteiger partial charge is 0.439 e. The summed E-state index contributed by atoms with van der Waals surface area (Å²) in [6.45, 7) is 0.0105. The Morgan fingerprint density at radius 2 is 1.90 bits per heavy atom. The van der Waals surface area contributed by atoms with E-state index in [0.717, 1.165) is 0 Å². The van der Waals surface area contributed by atoms with Gasteiger partial charge in [0.25, 0.3) is 5.91 Å². The maximum atomic E-state index is 13.0. The Bertz CT molecular complexity index is 1220. The minimum absolute atomic E-state index is 0.0608. The van der Waals surface area contributed by atoms with E-state index in [-0.39, 0.29) is 35.2 Å². The topological polar surface area (TPSA) is 97.4 Å². The molecule has 0 atom stereocenters. The highest BCUT2D eigenvalue weighted by molar-refractivity contribution is 7.89. The number of ether oxygens (including phenoxy) is 1. The summed E-state index contributed by atoms with van der Waals surface area (Å²) in [6, 6.07) is 14.4. The third kappa shape index (κ3) is 6.12. The first-order valence-corrected chi connectivity index (χ1v) is 10.6. The average molecular weight is 439 g/mol.